The lowest BCUT2D eigenvalue weighted by atomic mass is 10.1. The van der Waals surface area contributed by atoms with Crippen LogP contribution in [0.4, 0.5) is 0 Å². The maximum atomic E-state index is 11.7. The minimum absolute atomic E-state index is 0.0799. The zero-order valence-corrected chi connectivity index (χ0v) is 12.0. The maximum absolute atomic E-state index is 11.7. The van der Waals surface area contributed by atoms with Crippen molar-refractivity contribution in [3.8, 4) is 0 Å². The number of rotatable bonds is 3. The Labute approximate surface area is 105 Å². The van der Waals surface area contributed by atoms with Gasteiger partial charge in [-0.2, -0.15) is 0 Å². The smallest absolute Gasteiger partial charge is 0.234 e. The number of sulfone groups is 1. The Morgan fingerprint density at radius 2 is 2.06 bits per heavy atom. The third kappa shape index (κ3) is 4.05. The van der Waals surface area contributed by atoms with E-state index in [-0.39, 0.29) is 34.2 Å². The topological polar surface area (TPSA) is 63.2 Å². The van der Waals surface area contributed by atoms with Gasteiger partial charge >= 0.3 is 0 Å². The molecule has 2 unspecified atom stereocenters. The molecule has 1 N–H and O–H groups in total. The molecule has 2 atom stereocenters. The predicted molar refractivity (Wildman–Crippen MR) is 67.4 cm³/mol. The molecule has 1 heterocycles. The standard InChI is InChI=1S/C10H18BrNO3S/c1-7(2)9(11)10(13)12-8-4-3-5-16(14,15)6-8/h7-9H,3-6H2,1-2H3,(H,12,13). The van der Waals surface area contributed by atoms with Gasteiger partial charge in [-0.3, -0.25) is 4.79 Å². The number of hydrogen-bond acceptors (Lipinski definition) is 3. The number of amides is 1. The van der Waals surface area contributed by atoms with Gasteiger partial charge in [0.15, 0.2) is 9.84 Å². The van der Waals surface area contributed by atoms with Gasteiger partial charge in [-0.25, -0.2) is 8.42 Å². The van der Waals surface area contributed by atoms with Crippen LogP contribution >= 0.6 is 15.9 Å². The Bertz CT molecular complexity index is 353. The molecule has 4 nitrogen and oxygen atoms in total. The van der Waals surface area contributed by atoms with Crippen molar-refractivity contribution in [2.75, 3.05) is 11.5 Å². The van der Waals surface area contributed by atoms with E-state index in [0.29, 0.717) is 6.42 Å². The van der Waals surface area contributed by atoms with Crippen molar-refractivity contribution in [3.05, 3.63) is 0 Å². The Morgan fingerprint density at radius 3 is 2.56 bits per heavy atom. The summed E-state index contributed by atoms with van der Waals surface area (Å²) in [5.74, 6) is 0.412. The van der Waals surface area contributed by atoms with E-state index in [0.717, 1.165) is 6.42 Å². The summed E-state index contributed by atoms with van der Waals surface area (Å²) >= 11 is 3.30. The van der Waals surface area contributed by atoms with E-state index in [1.54, 1.807) is 0 Å². The fraction of sp³-hybridized carbons (Fsp3) is 0.900. The molecule has 1 amide bonds. The van der Waals surface area contributed by atoms with Gasteiger partial charge in [0.25, 0.3) is 0 Å². The molecule has 0 aromatic rings. The van der Waals surface area contributed by atoms with Crippen LogP contribution in [0.25, 0.3) is 0 Å². The van der Waals surface area contributed by atoms with Gasteiger partial charge < -0.3 is 5.32 Å². The molecular weight excluding hydrogens is 294 g/mol. The zero-order chi connectivity index (χ0) is 12.3. The van der Waals surface area contributed by atoms with Gasteiger partial charge in [0.05, 0.1) is 16.3 Å². The molecule has 0 bridgehead atoms. The highest BCUT2D eigenvalue weighted by molar-refractivity contribution is 9.10. The van der Waals surface area contributed by atoms with Crippen molar-refractivity contribution in [3.63, 3.8) is 0 Å². The molecule has 16 heavy (non-hydrogen) atoms. The molecule has 0 aliphatic carbocycles. The summed E-state index contributed by atoms with van der Waals surface area (Å²) in [5, 5.41) is 2.79. The minimum atomic E-state index is -2.95. The molecule has 0 radical (unpaired) electrons. The summed E-state index contributed by atoms with van der Waals surface area (Å²) < 4.78 is 22.8. The van der Waals surface area contributed by atoms with Gasteiger partial charge in [-0.15, -0.1) is 0 Å². The van der Waals surface area contributed by atoms with Gasteiger partial charge in [-0.05, 0) is 18.8 Å². The van der Waals surface area contributed by atoms with E-state index in [1.165, 1.54) is 0 Å². The average molecular weight is 312 g/mol. The quantitative estimate of drug-likeness (QED) is 0.794. The molecule has 1 aliphatic heterocycles. The highest BCUT2D eigenvalue weighted by atomic mass is 79.9. The first-order valence-electron chi connectivity index (χ1n) is 5.46. The zero-order valence-electron chi connectivity index (χ0n) is 9.57. The molecule has 0 aromatic carbocycles. The van der Waals surface area contributed by atoms with Crippen LogP contribution in [-0.4, -0.2) is 36.7 Å². The number of alkyl halides is 1. The van der Waals surface area contributed by atoms with E-state index < -0.39 is 9.84 Å². The number of halogens is 1. The Kier molecular flexibility index (Phi) is 4.79. The van der Waals surface area contributed by atoms with E-state index in [4.69, 9.17) is 0 Å². The van der Waals surface area contributed by atoms with E-state index in [1.807, 2.05) is 13.8 Å². The molecule has 6 heteroatoms. The second-order valence-corrected chi connectivity index (χ2v) is 7.82. The first-order chi connectivity index (χ1) is 7.32. The third-order valence-corrected chi connectivity index (χ3v) is 5.94. The van der Waals surface area contributed by atoms with Crippen LogP contribution in [0, 0.1) is 5.92 Å². The first kappa shape index (κ1) is 14.0. The van der Waals surface area contributed by atoms with Crippen LogP contribution in [-0.2, 0) is 14.6 Å². The highest BCUT2D eigenvalue weighted by Crippen LogP contribution is 2.15. The molecule has 1 fully saturated rings. The molecule has 1 aliphatic rings. The summed E-state index contributed by atoms with van der Waals surface area (Å²) in [6, 6.07) is -0.218. The normalized spacial score (nSPS) is 26.4. The third-order valence-electron chi connectivity index (χ3n) is 2.65. The summed E-state index contributed by atoms with van der Waals surface area (Å²) in [6.45, 7) is 3.88. The largest absolute Gasteiger partial charge is 0.351 e. The van der Waals surface area contributed by atoms with Gasteiger partial charge in [-0.1, -0.05) is 29.8 Å². The van der Waals surface area contributed by atoms with Crippen molar-refractivity contribution < 1.29 is 13.2 Å². The lowest BCUT2D eigenvalue weighted by Gasteiger charge is -2.24. The molecular formula is C10H18BrNO3S. The summed E-state index contributed by atoms with van der Waals surface area (Å²) in [5.41, 5.74) is 0. The Hall–Kier alpha value is -0.100. The molecule has 0 aromatic heterocycles. The number of carbonyl (C=O) groups is 1. The summed E-state index contributed by atoms with van der Waals surface area (Å²) in [6.07, 6.45) is 1.39. The minimum Gasteiger partial charge on any atom is -0.351 e. The molecule has 0 saturated carbocycles. The fourth-order valence-corrected chi connectivity index (χ4v) is 3.49. The number of nitrogens with one attached hydrogen (secondary N) is 1. The van der Waals surface area contributed by atoms with Crippen molar-refractivity contribution >= 4 is 31.7 Å². The average Bonchev–Trinajstić information content (AvgIpc) is 2.14. The van der Waals surface area contributed by atoms with Crippen molar-refractivity contribution in [1.29, 1.82) is 0 Å². The lowest BCUT2D eigenvalue weighted by Crippen LogP contribution is -2.46. The van der Waals surface area contributed by atoms with E-state index in [2.05, 4.69) is 21.2 Å². The van der Waals surface area contributed by atoms with Crippen molar-refractivity contribution in [2.45, 2.75) is 37.6 Å². The molecule has 94 valence electrons. The monoisotopic (exact) mass is 311 g/mol. The van der Waals surface area contributed by atoms with Gasteiger partial charge in [0, 0.05) is 6.04 Å². The predicted octanol–water partition coefficient (Wildman–Crippen LogP) is 1.10. The van der Waals surface area contributed by atoms with Gasteiger partial charge in [0.1, 0.15) is 0 Å². The summed E-state index contributed by atoms with van der Waals surface area (Å²) in [4.78, 5) is 11.5. The lowest BCUT2D eigenvalue weighted by molar-refractivity contribution is -0.121. The van der Waals surface area contributed by atoms with Gasteiger partial charge in [0.2, 0.25) is 5.91 Å². The van der Waals surface area contributed by atoms with Crippen molar-refractivity contribution in [2.24, 2.45) is 5.92 Å². The second-order valence-electron chi connectivity index (χ2n) is 4.61. The molecule has 1 saturated heterocycles. The van der Waals surface area contributed by atoms with Crippen molar-refractivity contribution in [1.82, 2.24) is 5.32 Å². The number of carbonyl (C=O) groups excluding carboxylic acids is 1. The molecule has 1 rings (SSSR count). The van der Waals surface area contributed by atoms with Crippen LogP contribution in [0.2, 0.25) is 0 Å². The van der Waals surface area contributed by atoms with Crippen LogP contribution in [0.15, 0.2) is 0 Å². The van der Waals surface area contributed by atoms with Crippen LogP contribution in [0.1, 0.15) is 26.7 Å². The number of hydrogen-bond donors (Lipinski definition) is 1. The first-order valence-corrected chi connectivity index (χ1v) is 8.20. The van der Waals surface area contributed by atoms with Crippen LogP contribution < -0.4 is 5.32 Å². The van der Waals surface area contributed by atoms with E-state index >= 15 is 0 Å². The highest BCUT2D eigenvalue weighted by Gasteiger charge is 2.28. The fourth-order valence-electron chi connectivity index (χ4n) is 1.72. The van der Waals surface area contributed by atoms with E-state index in [9.17, 15) is 13.2 Å². The maximum Gasteiger partial charge on any atom is 0.234 e. The van der Waals surface area contributed by atoms with Crippen LogP contribution in [0.5, 0.6) is 0 Å². The summed E-state index contributed by atoms with van der Waals surface area (Å²) in [7, 11) is -2.95. The second kappa shape index (κ2) is 5.49. The van der Waals surface area contributed by atoms with Crippen LogP contribution in [0.3, 0.4) is 0 Å². The Morgan fingerprint density at radius 1 is 1.44 bits per heavy atom. The Balaban J connectivity index is 2.52. The SMILES string of the molecule is CC(C)C(Br)C(=O)NC1CCCS(=O)(=O)C1. The molecule has 0 spiro atoms.